The van der Waals surface area contributed by atoms with E-state index in [2.05, 4.69) is 25.6 Å². The number of likely N-dealkylation sites (tertiary alicyclic amines) is 1. The molecule has 2 aliphatic rings. The van der Waals surface area contributed by atoms with Crippen molar-refractivity contribution in [2.75, 3.05) is 18.4 Å². The number of aromatic nitrogens is 6. The Morgan fingerprint density at radius 1 is 0.946 bits per heavy atom. The maximum absolute atomic E-state index is 12.9. The van der Waals surface area contributed by atoms with Crippen LogP contribution in [0.5, 0.6) is 0 Å². The molecular formula is C27H30N8O2. The molecule has 2 N–H and O–H groups in total. The van der Waals surface area contributed by atoms with Gasteiger partial charge in [-0.1, -0.05) is 17.3 Å². The first-order chi connectivity index (χ1) is 18.2. The van der Waals surface area contributed by atoms with Crippen LogP contribution in [0.1, 0.15) is 38.5 Å². The Morgan fingerprint density at radius 2 is 1.73 bits per heavy atom. The molecule has 1 aliphatic carbocycles. The van der Waals surface area contributed by atoms with Crippen molar-refractivity contribution in [2.45, 2.75) is 50.7 Å². The summed E-state index contributed by atoms with van der Waals surface area (Å²) in [6.45, 7) is 1.33. The molecule has 0 atom stereocenters. The minimum atomic E-state index is -0.265. The van der Waals surface area contributed by atoms with Crippen molar-refractivity contribution in [3.8, 4) is 16.9 Å². The average molecular weight is 499 g/mol. The summed E-state index contributed by atoms with van der Waals surface area (Å²) in [6, 6.07) is 12.0. The van der Waals surface area contributed by atoms with E-state index in [4.69, 9.17) is 4.98 Å². The summed E-state index contributed by atoms with van der Waals surface area (Å²) in [5.74, 6) is 1.50. The zero-order valence-electron chi connectivity index (χ0n) is 20.6. The third-order valence-electron chi connectivity index (χ3n) is 7.51. The van der Waals surface area contributed by atoms with Gasteiger partial charge in [0.05, 0.1) is 11.6 Å². The van der Waals surface area contributed by atoms with Gasteiger partial charge >= 0.3 is 0 Å². The molecule has 10 heteroatoms. The highest BCUT2D eigenvalue weighted by atomic mass is 16.3. The van der Waals surface area contributed by atoms with Crippen LogP contribution in [-0.4, -0.2) is 71.1 Å². The van der Waals surface area contributed by atoms with Crippen LogP contribution in [0.25, 0.3) is 28.0 Å². The van der Waals surface area contributed by atoms with Crippen LogP contribution in [-0.2, 0) is 4.79 Å². The fourth-order valence-corrected chi connectivity index (χ4v) is 5.43. The molecule has 190 valence electrons. The lowest BCUT2D eigenvalue weighted by Gasteiger charge is -2.35. The molecule has 10 nitrogen and oxygen atoms in total. The summed E-state index contributed by atoms with van der Waals surface area (Å²) in [5.41, 5.74) is 3.69. The molecule has 6 rings (SSSR count). The van der Waals surface area contributed by atoms with Crippen molar-refractivity contribution in [2.24, 2.45) is 5.92 Å². The van der Waals surface area contributed by atoms with Gasteiger partial charge in [-0.15, -0.1) is 5.10 Å². The molecule has 1 amide bonds. The van der Waals surface area contributed by atoms with Gasteiger partial charge in [-0.2, -0.15) is 9.67 Å². The van der Waals surface area contributed by atoms with Crippen molar-refractivity contribution in [1.29, 1.82) is 0 Å². The minimum Gasteiger partial charge on any atom is -0.393 e. The van der Waals surface area contributed by atoms with E-state index >= 15 is 0 Å². The maximum Gasteiger partial charge on any atom is 0.225 e. The number of pyridine rings is 1. The SMILES string of the molecule is O=C(C1CCC(Nc2nccc(-n3nnc4c(-c5ccncc5)cccc43)n2)CC1)N1CCC(O)CC1. The number of carbonyl (C=O) groups is 1. The van der Waals surface area contributed by atoms with Crippen LogP contribution in [0.4, 0.5) is 5.95 Å². The number of nitrogens with zero attached hydrogens (tertiary/aromatic N) is 7. The maximum atomic E-state index is 12.9. The molecule has 4 heterocycles. The van der Waals surface area contributed by atoms with E-state index in [9.17, 15) is 9.90 Å². The molecule has 1 saturated carbocycles. The number of aliphatic hydroxyl groups excluding tert-OH is 1. The third kappa shape index (κ3) is 4.89. The number of aliphatic hydroxyl groups is 1. The quantitative estimate of drug-likeness (QED) is 0.430. The van der Waals surface area contributed by atoms with Crippen molar-refractivity contribution in [3.63, 3.8) is 0 Å². The zero-order chi connectivity index (χ0) is 25.2. The normalized spacial score (nSPS) is 20.7. The first-order valence-electron chi connectivity index (χ1n) is 13.0. The number of hydrogen-bond donors (Lipinski definition) is 2. The minimum absolute atomic E-state index is 0.0663. The number of amides is 1. The Bertz CT molecular complexity index is 1380. The van der Waals surface area contributed by atoms with Crippen molar-refractivity contribution < 1.29 is 9.90 Å². The van der Waals surface area contributed by atoms with Gasteiger partial charge in [0.15, 0.2) is 5.82 Å². The van der Waals surface area contributed by atoms with Crippen LogP contribution >= 0.6 is 0 Å². The molecule has 1 aliphatic heterocycles. The topological polar surface area (TPSA) is 122 Å². The second-order valence-electron chi connectivity index (χ2n) is 9.90. The molecule has 0 unspecified atom stereocenters. The Labute approximate surface area is 214 Å². The number of nitrogens with one attached hydrogen (secondary N) is 1. The second kappa shape index (κ2) is 10.2. The Balaban J connectivity index is 1.13. The Hall–Kier alpha value is -3.92. The summed E-state index contributed by atoms with van der Waals surface area (Å²) in [6.07, 6.45) is 9.84. The van der Waals surface area contributed by atoms with E-state index in [1.165, 1.54) is 0 Å². The summed E-state index contributed by atoms with van der Waals surface area (Å²) in [5, 5.41) is 22.0. The molecular weight excluding hydrogens is 468 g/mol. The first kappa shape index (κ1) is 23.5. The van der Waals surface area contributed by atoms with Gasteiger partial charge in [-0.05, 0) is 62.3 Å². The van der Waals surface area contributed by atoms with Gasteiger partial charge in [0.25, 0.3) is 0 Å². The van der Waals surface area contributed by atoms with E-state index in [1.54, 1.807) is 23.3 Å². The number of benzene rings is 1. The molecule has 1 saturated heterocycles. The van der Waals surface area contributed by atoms with Crippen LogP contribution in [0.2, 0.25) is 0 Å². The third-order valence-corrected chi connectivity index (χ3v) is 7.51. The van der Waals surface area contributed by atoms with Crippen molar-refractivity contribution in [1.82, 2.24) is 34.8 Å². The predicted molar refractivity (Wildman–Crippen MR) is 139 cm³/mol. The Kier molecular flexibility index (Phi) is 6.48. The van der Waals surface area contributed by atoms with Gasteiger partial charge in [0.2, 0.25) is 11.9 Å². The predicted octanol–water partition coefficient (Wildman–Crippen LogP) is 3.23. The van der Waals surface area contributed by atoms with E-state index in [0.717, 1.165) is 47.8 Å². The molecule has 3 aromatic heterocycles. The lowest BCUT2D eigenvalue weighted by molar-refractivity contribution is -0.138. The number of fused-ring (bicyclic) bond motifs is 1. The van der Waals surface area contributed by atoms with Gasteiger partial charge in [0.1, 0.15) is 5.52 Å². The second-order valence-corrected chi connectivity index (χ2v) is 9.90. The van der Waals surface area contributed by atoms with Gasteiger partial charge < -0.3 is 15.3 Å². The van der Waals surface area contributed by atoms with Crippen molar-refractivity contribution in [3.05, 3.63) is 55.0 Å². The highest BCUT2D eigenvalue weighted by Crippen LogP contribution is 2.30. The van der Waals surface area contributed by atoms with Gasteiger partial charge in [-0.3, -0.25) is 9.78 Å². The van der Waals surface area contributed by atoms with E-state index in [1.807, 2.05) is 41.3 Å². The fraction of sp³-hybridized carbons (Fsp3) is 0.407. The molecule has 0 radical (unpaired) electrons. The smallest absolute Gasteiger partial charge is 0.225 e. The summed E-state index contributed by atoms with van der Waals surface area (Å²) < 4.78 is 1.73. The molecule has 0 bridgehead atoms. The van der Waals surface area contributed by atoms with Crippen LogP contribution in [0.3, 0.4) is 0 Å². The lowest BCUT2D eigenvalue weighted by atomic mass is 9.85. The standard InChI is InChI=1S/C27H30N8O2/c36-21-11-16-34(17-12-21)26(37)19-4-6-20(7-5-19)30-27-29-15-10-24(31-27)35-23-3-1-2-22(25(23)32-33-35)18-8-13-28-14-9-18/h1-3,8-10,13-15,19-21,36H,4-7,11-12,16-17H2,(H,29,30,31). The van der Waals surface area contributed by atoms with Gasteiger partial charge in [0, 0.05) is 55.3 Å². The molecule has 1 aromatic carbocycles. The lowest BCUT2D eigenvalue weighted by Crippen LogP contribution is -2.44. The number of hydrogen-bond acceptors (Lipinski definition) is 8. The number of anilines is 1. The van der Waals surface area contributed by atoms with Crippen LogP contribution in [0, 0.1) is 5.92 Å². The molecule has 37 heavy (non-hydrogen) atoms. The fourth-order valence-electron chi connectivity index (χ4n) is 5.43. The van der Waals surface area contributed by atoms with Crippen LogP contribution < -0.4 is 5.32 Å². The first-order valence-corrected chi connectivity index (χ1v) is 13.0. The van der Waals surface area contributed by atoms with Crippen LogP contribution in [0.15, 0.2) is 55.0 Å². The average Bonchev–Trinajstić information content (AvgIpc) is 3.39. The molecule has 4 aromatic rings. The number of piperidine rings is 1. The number of carbonyl (C=O) groups excluding carboxylic acids is 1. The molecule has 2 fully saturated rings. The summed E-state index contributed by atoms with van der Waals surface area (Å²) in [4.78, 5) is 28.1. The zero-order valence-corrected chi connectivity index (χ0v) is 20.6. The number of rotatable bonds is 5. The van der Waals surface area contributed by atoms with Gasteiger partial charge in [-0.25, -0.2) is 4.98 Å². The highest BCUT2D eigenvalue weighted by molar-refractivity contribution is 5.92. The summed E-state index contributed by atoms with van der Waals surface area (Å²) >= 11 is 0. The highest BCUT2D eigenvalue weighted by Gasteiger charge is 2.31. The van der Waals surface area contributed by atoms with Crippen molar-refractivity contribution >= 4 is 22.9 Å². The van der Waals surface area contributed by atoms with E-state index < -0.39 is 0 Å². The van der Waals surface area contributed by atoms with E-state index in [0.29, 0.717) is 37.7 Å². The van der Waals surface area contributed by atoms with E-state index in [-0.39, 0.29) is 24.0 Å². The monoisotopic (exact) mass is 498 g/mol. The summed E-state index contributed by atoms with van der Waals surface area (Å²) in [7, 11) is 0. The molecule has 0 spiro atoms. The Morgan fingerprint density at radius 3 is 2.51 bits per heavy atom. The largest absolute Gasteiger partial charge is 0.393 e.